The van der Waals surface area contributed by atoms with Gasteiger partial charge in [0.25, 0.3) is 0 Å². The van der Waals surface area contributed by atoms with Crippen molar-refractivity contribution in [1.82, 2.24) is 19.5 Å². The molecule has 0 aliphatic carbocycles. The number of hydrogen-bond acceptors (Lipinski definition) is 7. The zero-order valence-corrected chi connectivity index (χ0v) is 23.0. The second kappa shape index (κ2) is 12.0. The van der Waals surface area contributed by atoms with Crippen molar-refractivity contribution >= 4 is 44.1 Å². The molecule has 0 bridgehead atoms. The first-order valence-corrected chi connectivity index (χ1v) is 14.3. The van der Waals surface area contributed by atoms with Crippen LogP contribution in [-0.2, 0) is 26.2 Å². The molecule has 2 heterocycles. The molecule has 3 rings (SSSR count). The fourth-order valence-electron chi connectivity index (χ4n) is 3.91. The van der Waals surface area contributed by atoms with E-state index in [0.29, 0.717) is 30.5 Å². The van der Waals surface area contributed by atoms with Crippen LogP contribution in [0.25, 0.3) is 11.0 Å². The summed E-state index contributed by atoms with van der Waals surface area (Å²) in [5.41, 5.74) is 1.30. The average Bonchev–Trinajstić information content (AvgIpc) is 3.45. The minimum Gasteiger partial charge on any atom is -0.464 e. The SMILES string of the molecule is CCCN(CC(C)C)C(=O)[C@H](CC(=O)N(C)Cc1csc(C)n1)NS(=O)(=O)c1ccc2occc2c1. The van der Waals surface area contributed by atoms with Gasteiger partial charge in [-0.1, -0.05) is 20.8 Å². The van der Waals surface area contributed by atoms with Gasteiger partial charge in [0.2, 0.25) is 21.8 Å². The van der Waals surface area contributed by atoms with Crippen LogP contribution in [0.1, 0.15) is 44.3 Å². The number of nitrogens with zero attached hydrogens (tertiary/aromatic N) is 3. The lowest BCUT2D eigenvalue weighted by molar-refractivity contribution is -0.138. The largest absolute Gasteiger partial charge is 0.464 e. The molecule has 0 saturated heterocycles. The van der Waals surface area contributed by atoms with E-state index < -0.39 is 22.0 Å². The maximum absolute atomic E-state index is 13.6. The summed E-state index contributed by atoms with van der Waals surface area (Å²) in [6.07, 6.45) is 1.89. The first-order chi connectivity index (χ1) is 17.0. The number of nitrogens with one attached hydrogen (secondary N) is 1. The summed E-state index contributed by atoms with van der Waals surface area (Å²) in [6.45, 7) is 9.03. The zero-order valence-electron chi connectivity index (χ0n) is 21.4. The van der Waals surface area contributed by atoms with Gasteiger partial charge in [0.15, 0.2) is 0 Å². The number of fused-ring (bicyclic) bond motifs is 1. The standard InChI is InChI=1S/C25H34N4O5S2/c1-6-10-29(14-17(2)3)25(31)22(13-24(30)28(5)15-20-16-35-18(4)26-20)27-36(32,33)21-7-8-23-19(12-21)9-11-34-23/h7-9,11-12,16-17,22,27H,6,10,13-15H2,1-5H3/t22-/m0/s1. The summed E-state index contributed by atoms with van der Waals surface area (Å²) < 4.78 is 34.4. The van der Waals surface area contributed by atoms with Gasteiger partial charge in [-0.3, -0.25) is 9.59 Å². The molecule has 2 aromatic heterocycles. The van der Waals surface area contributed by atoms with Crippen molar-refractivity contribution in [1.29, 1.82) is 0 Å². The molecule has 0 fully saturated rings. The monoisotopic (exact) mass is 534 g/mol. The van der Waals surface area contributed by atoms with E-state index in [9.17, 15) is 18.0 Å². The number of aromatic nitrogens is 1. The third kappa shape index (κ3) is 7.14. The lowest BCUT2D eigenvalue weighted by Crippen LogP contribution is -2.51. The van der Waals surface area contributed by atoms with Crippen LogP contribution in [0.15, 0.2) is 45.2 Å². The maximum atomic E-state index is 13.6. The van der Waals surface area contributed by atoms with E-state index in [0.717, 1.165) is 10.7 Å². The quantitative estimate of drug-likeness (QED) is 0.378. The molecular weight excluding hydrogens is 500 g/mol. The minimum atomic E-state index is -4.10. The van der Waals surface area contributed by atoms with E-state index in [1.165, 1.54) is 34.6 Å². The van der Waals surface area contributed by atoms with Gasteiger partial charge in [-0.15, -0.1) is 11.3 Å². The van der Waals surface area contributed by atoms with Crippen LogP contribution in [0, 0.1) is 12.8 Å². The van der Waals surface area contributed by atoms with Gasteiger partial charge in [-0.2, -0.15) is 4.72 Å². The number of amides is 2. The summed E-state index contributed by atoms with van der Waals surface area (Å²) in [5.74, 6) is -0.578. The van der Waals surface area contributed by atoms with E-state index in [1.807, 2.05) is 33.1 Å². The van der Waals surface area contributed by atoms with Gasteiger partial charge >= 0.3 is 0 Å². The zero-order chi connectivity index (χ0) is 26.5. The van der Waals surface area contributed by atoms with Crippen LogP contribution >= 0.6 is 11.3 Å². The highest BCUT2D eigenvalue weighted by Crippen LogP contribution is 2.21. The van der Waals surface area contributed by atoms with Crippen molar-refractivity contribution in [3.63, 3.8) is 0 Å². The van der Waals surface area contributed by atoms with Crippen LogP contribution in [0.3, 0.4) is 0 Å². The summed E-state index contributed by atoms with van der Waals surface area (Å²) in [4.78, 5) is 34.2. The van der Waals surface area contributed by atoms with Crippen LogP contribution in [0.4, 0.5) is 0 Å². The number of rotatable bonds is 12. The number of thiazole rings is 1. The molecule has 3 aromatic rings. The van der Waals surface area contributed by atoms with E-state index in [-0.39, 0.29) is 29.7 Å². The van der Waals surface area contributed by atoms with Gasteiger partial charge in [0, 0.05) is 30.9 Å². The molecular formula is C25H34N4O5S2. The molecule has 11 heteroatoms. The Bertz CT molecular complexity index is 1300. The Morgan fingerprint density at radius 3 is 2.61 bits per heavy atom. The van der Waals surface area contributed by atoms with Crippen LogP contribution < -0.4 is 4.72 Å². The summed E-state index contributed by atoms with van der Waals surface area (Å²) in [7, 11) is -2.48. The molecule has 1 N–H and O–H groups in total. The number of sulfonamides is 1. The highest BCUT2D eigenvalue weighted by atomic mass is 32.2. The third-order valence-electron chi connectivity index (χ3n) is 5.59. The molecule has 2 amide bonds. The first kappa shape index (κ1) is 27.8. The molecule has 0 saturated carbocycles. The highest BCUT2D eigenvalue weighted by Gasteiger charge is 2.32. The van der Waals surface area contributed by atoms with Crippen molar-refractivity contribution in [2.75, 3.05) is 20.1 Å². The Morgan fingerprint density at radius 2 is 1.97 bits per heavy atom. The van der Waals surface area contributed by atoms with Gasteiger partial charge < -0.3 is 14.2 Å². The molecule has 196 valence electrons. The van der Waals surface area contributed by atoms with E-state index >= 15 is 0 Å². The number of furan rings is 1. The number of carbonyl (C=O) groups is 2. The molecule has 0 unspecified atom stereocenters. The van der Waals surface area contributed by atoms with Gasteiger partial charge in [0.05, 0.1) is 34.8 Å². The number of hydrogen-bond donors (Lipinski definition) is 1. The Kier molecular flexibility index (Phi) is 9.26. The topological polar surface area (TPSA) is 113 Å². The van der Waals surface area contributed by atoms with Gasteiger partial charge in [-0.05, 0) is 43.5 Å². The van der Waals surface area contributed by atoms with Crippen molar-refractivity contribution in [3.8, 4) is 0 Å². The fourth-order valence-corrected chi connectivity index (χ4v) is 5.74. The van der Waals surface area contributed by atoms with Crippen molar-refractivity contribution in [2.45, 2.75) is 58.0 Å². The van der Waals surface area contributed by atoms with Crippen LogP contribution in [0.5, 0.6) is 0 Å². The third-order valence-corrected chi connectivity index (χ3v) is 7.88. The van der Waals surface area contributed by atoms with E-state index in [1.54, 1.807) is 24.1 Å². The minimum absolute atomic E-state index is 0.00106. The maximum Gasteiger partial charge on any atom is 0.241 e. The van der Waals surface area contributed by atoms with Gasteiger partial charge in [-0.25, -0.2) is 13.4 Å². The molecule has 0 aliphatic heterocycles. The van der Waals surface area contributed by atoms with E-state index in [2.05, 4.69) is 9.71 Å². The lowest BCUT2D eigenvalue weighted by Gasteiger charge is -2.29. The van der Waals surface area contributed by atoms with Crippen molar-refractivity contribution < 1.29 is 22.4 Å². The summed E-state index contributed by atoms with van der Waals surface area (Å²) in [6, 6.07) is 4.90. The predicted octanol–water partition coefficient (Wildman–Crippen LogP) is 3.79. The average molecular weight is 535 g/mol. The molecule has 1 atom stereocenters. The Labute approximate surface area is 216 Å². The summed E-state index contributed by atoms with van der Waals surface area (Å²) >= 11 is 1.49. The first-order valence-electron chi connectivity index (χ1n) is 11.9. The number of benzene rings is 1. The Morgan fingerprint density at radius 1 is 1.22 bits per heavy atom. The second-order valence-corrected chi connectivity index (χ2v) is 12.1. The van der Waals surface area contributed by atoms with E-state index in [4.69, 9.17) is 4.42 Å². The molecule has 9 nitrogen and oxygen atoms in total. The van der Waals surface area contributed by atoms with Gasteiger partial charge in [0.1, 0.15) is 11.6 Å². The van der Waals surface area contributed by atoms with Crippen molar-refractivity contribution in [2.24, 2.45) is 5.92 Å². The fraction of sp³-hybridized carbons (Fsp3) is 0.480. The molecule has 1 aromatic carbocycles. The molecule has 0 spiro atoms. The molecule has 0 aliphatic rings. The number of carbonyl (C=O) groups excluding carboxylic acids is 2. The highest BCUT2D eigenvalue weighted by molar-refractivity contribution is 7.89. The Balaban J connectivity index is 1.86. The smallest absolute Gasteiger partial charge is 0.241 e. The molecule has 0 radical (unpaired) electrons. The molecule has 36 heavy (non-hydrogen) atoms. The summed E-state index contributed by atoms with van der Waals surface area (Å²) in [5, 5.41) is 3.40. The second-order valence-electron chi connectivity index (χ2n) is 9.28. The number of aryl methyl sites for hydroxylation is 1. The normalized spacial score (nSPS) is 12.7. The van der Waals surface area contributed by atoms with Crippen LogP contribution in [-0.4, -0.2) is 61.2 Å². The Hall–Kier alpha value is -2.76. The predicted molar refractivity (Wildman–Crippen MR) is 140 cm³/mol. The van der Waals surface area contributed by atoms with Crippen LogP contribution in [0.2, 0.25) is 0 Å². The van der Waals surface area contributed by atoms with Crippen molar-refractivity contribution in [3.05, 3.63) is 46.6 Å². The lowest BCUT2D eigenvalue weighted by atomic mass is 10.1.